The first-order chi connectivity index (χ1) is 6.68. The second kappa shape index (κ2) is 2.74. The van der Waals surface area contributed by atoms with E-state index in [9.17, 15) is 14.9 Å². The van der Waals surface area contributed by atoms with E-state index in [1.807, 2.05) is 0 Å². The Morgan fingerprint density at radius 2 is 2.43 bits per heavy atom. The van der Waals surface area contributed by atoms with Gasteiger partial charge in [0.1, 0.15) is 11.2 Å². The minimum Gasteiger partial charge on any atom is -0.358 e. The van der Waals surface area contributed by atoms with Crippen LogP contribution in [-0.4, -0.2) is 21.2 Å². The number of nitrogens with zero attached hydrogens (tertiary/aromatic N) is 3. The summed E-state index contributed by atoms with van der Waals surface area (Å²) in [6.07, 6.45) is 2.83. The summed E-state index contributed by atoms with van der Waals surface area (Å²) in [7, 11) is 0. The molecule has 1 aromatic heterocycles. The van der Waals surface area contributed by atoms with Crippen molar-refractivity contribution < 1.29 is 9.72 Å². The Hall–Kier alpha value is -2.01. The number of aromatic amines is 1. The molecule has 1 N–H and O–H groups in total. The normalized spacial score (nSPS) is 17.1. The number of aliphatic imine (C=N–C) groups is 1. The summed E-state index contributed by atoms with van der Waals surface area (Å²) in [6, 6.07) is 1.30. The lowest BCUT2D eigenvalue weighted by Crippen LogP contribution is -2.02. The first kappa shape index (κ1) is 8.58. The van der Waals surface area contributed by atoms with Crippen LogP contribution < -0.4 is 0 Å². The predicted molar refractivity (Wildman–Crippen MR) is 44.3 cm³/mol. The lowest BCUT2D eigenvalue weighted by molar-refractivity contribution is -0.389. The van der Waals surface area contributed by atoms with E-state index in [1.165, 1.54) is 12.1 Å². The van der Waals surface area contributed by atoms with Gasteiger partial charge >= 0.3 is 5.82 Å². The highest BCUT2D eigenvalue weighted by molar-refractivity contribution is 5.40. The molecule has 1 aromatic rings. The van der Waals surface area contributed by atoms with Crippen LogP contribution in [0.1, 0.15) is 18.5 Å². The maximum Gasteiger partial charge on any atom is 0.342 e. The van der Waals surface area contributed by atoms with Gasteiger partial charge in [-0.3, -0.25) is 0 Å². The molecule has 7 nitrogen and oxygen atoms in total. The predicted octanol–water partition coefficient (Wildman–Crippen LogP) is 0.643. The highest BCUT2D eigenvalue weighted by Crippen LogP contribution is 2.48. The second-order valence-corrected chi connectivity index (χ2v) is 3.13. The molecule has 7 heteroatoms. The lowest BCUT2D eigenvalue weighted by atomic mass is 10.2. The van der Waals surface area contributed by atoms with Crippen LogP contribution in [0.2, 0.25) is 0 Å². The van der Waals surface area contributed by atoms with Crippen molar-refractivity contribution in [2.24, 2.45) is 4.99 Å². The highest BCUT2D eigenvalue weighted by Gasteiger charge is 2.48. The molecule has 0 aromatic carbocycles. The zero-order valence-corrected chi connectivity index (χ0v) is 7.06. The van der Waals surface area contributed by atoms with Gasteiger partial charge in [0.2, 0.25) is 6.08 Å². The first-order valence-electron chi connectivity index (χ1n) is 3.97. The van der Waals surface area contributed by atoms with E-state index in [-0.39, 0.29) is 5.82 Å². The molecule has 1 fully saturated rings. The van der Waals surface area contributed by atoms with E-state index in [4.69, 9.17) is 0 Å². The first-order valence-corrected chi connectivity index (χ1v) is 3.97. The number of aromatic nitrogens is 2. The largest absolute Gasteiger partial charge is 0.358 e. The van der Waals surface area contributed by atoms with Crippen LogP contribution in [0, 0.1) is 10.1 Å². The Labute approximate surface area is 78.0 Å². The van der Waals surface area contributed by atoms with Gasteiger partial charge in [0, 0.05) is 0 Å². The van der Waals surface area contributed by atoms with Gasteiger partial charge < -0.3 is 10.1 Å². The quantitative estimate of drug-likeness (QED) is 0.330. The Morgan fingerprint density at radius 3 is 2.86 bits per heavy atom. The Bertz CT molecular complexity index is 428. The maximum absolute atomic E-state index is 10.3. The summed E-state index contributed by atoms with van der Waals surface area (Å²) in [5.41, 5.74) is -0.209. The van der Waals surface area contributed by atoms with E-state index in [0.717, 1.165) is 0 Å². The van der Waals surface area contributed by atoms with Crippen LogP contribution in [0.25, 0.3) is 0 Å². The molecule has 0 aliphatic heterocycles. The Kier molecular flexibility index (Phi) is 1.68. The van der Waals surface area contributed by atoms with E-state index >= 15 is 0 Å². The molecule has 72 valence electrons. The molecule has 1 heterocycles. The molecule has 1 aliphatic carbocycles. The molecule has 0 radical (unpaired) electrons. The van der Waals surface area contributed by atoms with Gasteiger partial charge in [-0.05, 0) is 17.8 Å². The third-order valence-electron chi connectivity index (χ3n) is 2.22. The topological polar surface area (TPSA) is 101 Å². The van der Waals surface area contributed by atoms with E-state index < -0.39 is 10.5 Å². The fourth-order valence-electron chi connectivity index (χ4n) is 1.27. The van der Waals surface area contributed by atoms with Crippen LogP contribution in [-0.2, 0) is 10.3 Å². The molecule has 0 spiro atoms. The Morgan fingerprint density at radius 1 is 1.71 bits per heavy atom. The van der Waals surface area contributed by atoms with Gasteiger partial charge in [-0.25, -0.2) is 4.79 Å². The second-order valence-electron chi connectivity index (χ2n) is 3.13. The fraction of sp³-hybridized carbons (Fsp3) is 0.429. The van der Waals surface area contributed by atoms with Gasteiger partial charge in [-0.2, -0.15) is 4.99 Å². The lowest BCUT2D eigenvalue weighted by Gasteiger charge is -1.98. The van der Waals surface area contributed by atoms with Gasteiger partial charge in [-0.1, -0.05) is 5.10 Å². The molecule has 0 bridgehead atoms. The molecular weight excluding hydrogens is 188 g/mol. The van der Waals surface area contributed by atoms with Crippen molar-refractivity contribution in [3.05, 3.63) is 21.9 Å². The summed E-state index contributed by atoms with van der Waals surface area (Å²) < 4.78 is 0. The molecular formula is C7H6N4O3. The minimum absolute atomic E-state index is 0.188. The van der Waals surface area contributed by atoms with Crippen molar-refractivity contribution in [1.82, 2.24) is 10.2 Å². The monoisotopic (exact) mass is 194 g/mol. The van der Waals surface area contributed by atoms with E-state index in [2.05, 4.69) is 15.2 Å². The summed E-state index contributed by atoms with van der Waals surface area (Å²) >= 11 is 0. The molecule has 1 aliphatic rings. The van der Waals surface area contributed by atoms with Crippen molar-refractivity contribution in [3.8, 4) is 0 Å². The average molecular weight is 194 g/mol. The SMILES string of the molecule is O=C=NC1(c2cc([N+](=O)[O-])[nH]n2)CC1. The van der Waals surface area contributed by atoms with Gasteiger partial charge in [0.25, 0.3) is 0 Å². The number of hydrogen-bond donors (Lipinski definition) is 1. The summed E-state index contributed by atoms with van der Waals surface area (Å²) in [6.45, 7) is 0. The van der Waals surface area contributed by atoms with Gasteiger partial charge in [0.15, 0.2) is 0 Å². The fourth-order valence-corrected chi connectivity index (χ4v) is 1.27. The van der Waals surface area contributed by atoms with Crippen LogP contribution >= 0.6 is 0 Å². The average Bonchev–Trinajstić information content (AvgIpc) is 2.77. The van der Waals surface area contributed by atoms with E-state index in [0.29, 0.717) is 18.5 Å². The summed E-state index contributed by atoms with van der Waals surface area (Å²) in [4.78, 5) is 23.5. The molecule has 0 unspecified atom stereocenters. The molecule has 1 saturated carbocycles. The van der Waals surface area contributed by atoms with Crippen LogP contribution in [0.3, 0.4) is 0 Å². The highest BCUT2D eigenvalue weighted by atomic mass is 16.6. The number of rotatable bonds is 3. The van der Waals surface area contributed by atoms with Crippen LogP contribution in [0.5, 0.6) is 0 Å². The Balaban J connectivity index is 2.33. The number of nitrogens with one attached hydrogen (secondary N) is 1. The standard InChI is InChI=1S/C7H6N4O3/c12-4-8-7(1-2-7)5-3-6(10-9-5)11(13)14/h3H,1-2H2,(H,9,10). The summed E-state index contributed by atoms with van der Waals surface area (Å²) in [5, 5.41) is 16.4. The van der Waals surface area contributed by atoms with Crippen molar-refractivity contribution in [3.63, 3.8) is 0 Å². The smallest absolute Gasteiger partial charge is 0.342 e. The third kappa shape index (κ3) is 1.20. The van der Waals surface area contributed by atoms with Crippen LogP contribution in [0.15, 0.2) is 11.1 Å². The number of H-pyrrole nitrogens is 1. The molecule has 2 rings (SSSR count). The molecule has 0 amide bonds. The van der Waals surface area contributed by atoms with Gasteiger partial charge in [-0.15, -0.1) is 5.10 Å². The zero-order valence-electron chi connectivity index (χ0n) is 7.06. The third-order valence-corrected chi connectivity index (χ3v) is 2.22. The van der Waals surface area contributed by atoms with Crippen molar-refractivity contribution in [2.75, 3.05) is 0 Å². The molecule has 0 atom stereocenters. The van der Waals surface area contributed by atoms with Crippen molar-refractivity contribution in [1.29, 1.82) is 0 Å². The zero-order chi connectivity index (χ0) is 10.2. The molecule has 0 saturated heterocycles. The summed E-state index contributed by atoms with van der Waals surface area (Å²) in [5.74, 6) is -0.188. The van der Waals surface area contributed by atoms with Crippen molar-refractivity contribution in [2.45, 2.75) is 18.4 Å². The number of nitro groups is 1. The number of isocyanates is 1. The maximum atomic E-state index is 10.3. The van der Waals surface area contributed by atoms with E-state index in [1.54, 1.807) is 0 Å². The van der Waals surface area contributed by atoms with Crippen LogP contribution in [0.4, 0.5) is 5.82 Å². The number of hydrogen-bond acceptors (Lipinski definition) is 5. The number of carbonyl (C=O) groups excluding carboxylic acids is 1. The minimum atomic E-state index is -0.646. The van der Waals surface area contributed by atoms with Crippen molar-refractivity contribution >= 4 is 11.9 Å². The van der Waals surface area contributed by atoms with Gasteiger partial charge in [0.05, 0.1) is 6.07 Å². The molecule has 14 heavy (non-hydrogen) atoms.